The van der Waals surface area contributed by atoms with Gasteiger partial charge in [-0.2, -0.15) is 0 Å². The lowest BCUT2D eigenvalue weighted by Crippen LogP contribution is -2.46. The van der Waals surface area contributed by atoms with Crippen LogP contribution in [0.3, 0.4) is 0 Å². The van der Waals surface area contributed by atoms with Crippen LogP contribution >= 0.6 is 24.8 Å². The Hall–Kier alpha value is -0.690. The molecule has 4 nitrogen and oxygen atoms in total. The number of hydrogen-bond donors (Lipinski definition) is 1. The standard InChI is InChI=1S/C12H17F2N3O.2ClH/c1-18-10-3-2-9(8-16-10)11(12(13)14)17-6-4-15-5-7-17;;/h2-3,8,11-12,15H,4-7H2,1H3;2*1H/t11-;;/m1../s1. The van der Waals surface area contributed by atoms with E-state index >= 15 is 0 Å². The zero-order valence-electron chi connectivity index (χ0n) is 11.1. The number of nitrogens with one attached hydrogen (secondary N) is 1. The summed E-state index contributed by atoms with van der Waals surface area (Å²) in [5.41, 5.74) is 0.535. The first-order chi connectivity index (χ1) is 8.72. The first-order valence-electron chi connectivity index (χ1n) is 5.95. The molecule has 1 aromatic rings. The van der Waals surface area contributed by atoms with Crippen molar-refractivity contribution in [2.75, 3.05) is 33.3 Å². The second-order valence-corrected chi connectivity index (χ2v) is 4.20. The number of aromatic nitrogens is 1. The molecular formula is C12H19Cl2F2N3O. The molecule has 1 atom stereocenters. The first kappa shape index (κ1) is 19.3. The number of alkyl halides is 2. The van der Waals surface area contributed by atoms with E-state index in [0.717, 1.165) is 13.1 Å². The molecule has 0 aliphatic carbocycles. The lowest BCUT2D eigenvalue weighted by Gasteiger charge is -2.34. The number of piperazine rings is 1. The Morgan fingerprint density at radius 3 is 2.35 bits per heavy atom. The Labute approximate surface area is 129 Å². The minimum atomic E-state index is -2.42. The third-order valence-corrected chi connectivity index (χ3v) is 3.09. The SMILES string of the molecule is COc1ccc([C@H](C(F)F)N2CCNCC2)cn1.Cl.Cl. The van der Waals surface area contributed by atoms with E-state index in [9.17, 15) is 8.78 Å². The van der Waals surface area contributed by atoms with Gasteiger partial charge in [0.15, 0.2) is 0 Å². The van der Waals surface area contributed by atoms with Gasteiger partial charge in [-0.1, -0.05) is 6.07 Å². The number of methoxy groups -OCH3 is 1. The van der Waals surface area contributed by atoms with E-state index < -0.39 is 12.5 Å². The molecule has 2 heterocycles. The fraction of sp³-hybridized carbons (Fsp3) is 0.583. The zero-order valence-corrected chi connectivity index (χ0v) is 12.7. The van der Waals surface area contributed by atoms with Crippen LogP contribution < -0.4 is 10.1 Å². The molecular weight excluding hydrogens is 311 g/mol. The Kier molecular flexibility index (Phi) is 8.96. The summed E-state index contributed by atoms with van der Waals surface area (Å²) in [4.78, 5) is 5.79. The van der Waals surface area contributed by atoms with Crippen molar-refractivity contribution in [2.45, 2.75) is 12.5 Å². The number of rotatable bonds is 4. The number of pyridine rings is 1. The van der Waals surface area contributed by atoms with Gasteiger partial charge in [-0.15, -0.1) is 24.8 Å². The minimum Gasteiger partial charge on any atom is -0.481 e. The van der Waals surface area contributed by atoms with Crippen LogP contribution in [0, 0.1) is 0 Å². The number of nitrogens with zero attached hydrogens (tertiary/aromatic N) is 2. The summed E-state index contributed by atoms with van der Waals surface area (Å²) in [5, 5.41) is 3.16. The van der Waals surface area contributed by atoms with Crippen LogP contribution in [0.15, 0.2) is 18.3 Å². The van der Waals surface area contributed by atoms with E-state index in [1.807, 2.05) is 0 Å². The average Bonchev–Trinajstić information content (AvgIpc) is 2.40. The van der Waals surface area contributed by atoms with E-state index in [1.165, 1.54) is 13.3 Å². The average molecular weight is 330 g/mol. The summed E-state index contributed by atoms with van der Waals surface area (Å²) in [5.74, 6) is 0.437. The van der Waals surface area contributed by atoms with Crippen LogP contribution in [-0.4, -0.2) is 49.6 Å². The van der Waals surface area contributed by atoms with E-state index in [2.05, 4.69) is 10.3 Å². The van der Waals surface area contributed by atoms with Gasteiger partial charge in [0.05, 0.1) is 13.2 Å². The van der Waals surface area contributed by atoms with Crippen LogP contribution in [0.5, 0.6) is 5.88 Å². The Balaban J connectivity index is 0.00000180. The molecule has 2 rings (SSSR count). The molecule has 1 aliphatic rings. The lowest BCUT2D eigenvalue weighted by atomic mass is 10.1. The third-order valence-electron chi connectivity index (χ3n) is 3.09. The van der Waals surface area contributed by atoms with Crippen molar-refractivity contribution < 1.29 is 13.5 Å². The molecule has 20 heavy (non-hydrogen) atoms. The zero-order chi connectivity index (χ0) is 13.0. The number of hydrogen-bond acceptors (Lipinski definition) is 4. The van der Waals surface area contributed by atoms with E-state index in [4.69, 9.17) is 4.74 Å². The molecule has 0 radical (unpaired) electrons. The van der Waals surface area contributed by atoms with Gasteiger partial charge in [-0.05, 0) is 5.56 Å². The molecule has 1 aromatic heterocycles. The molecule has 1 N–H and O–H groups in total. The topological polar surface area (TPSA) is 37.4 Å². The second kappa shape index (κ2) is 9.28. The summed E-state index contributed by atoms with van der Waals surface area (Å²) in [6, 6.07) is 2.39. The van der Waals surface area contributed by atoms with Crippen LogP contribution in [-0.2, 0) is 0 Å². The van der Waals surface area contributed by atoms with E-state index in [-0.39, 0.29) is 24.8 Å². The molecule has 0 amide bonds. The highest BCUT2D eigenvalue weighted by molar-refractivity contribution is 5.85. The molecule has 0 aromatic carbocycles. The van der Waals surface area contributed by atoms with Crippen molar-refractivity contribution in [2.24, 2.45) is 0 Å². The fourth-order valence-corrected chi connectivity index (χ4v) is 2.16. The fourth-order valence-electron chi connectivity index (χ4n) is 2.16. The van der Waals surface area contributed by atoms with Gasteiger partial charge in [-0.25, -0.2) is 13.8 Å². The molecule has 0 spiro atoms. The highest BCUT2D eigenvalue weighted by Crippen LogP contribution is 2.28. The van der Waals surface area contributed by atoms with Crippen LogP contribution in [0.25, 0.3) is 0 Å². The highest BCUT2D eigenvalue weighted by atomic mass is 35.5. The maximum Gasteiger partial charge on any atom is 0.258 e. The molecule has 8 heteroatoms. The van der Waals surface area contributed by atoms with Crippen molar-refractivity contribution in [1.29, 1.82) is 0 Å². The first-order valence-corrected chi connectivity index (χ1v) is 5.95. The maximum atomic E-state index is 13.2. The highest BCUT2D eigenvalue weighted by Gasteiger charge is 2.30. The predicted molar refractivity (Wildman–Crippen MR) is 78.5 cm³/mol. The van der Waals surface area contributed by atoms with E-state index in [0.29, 0.717) is 24.5 Å². The third kappa shape index (κ3) is 4.70. The maximum absolute atomic E-state index is 13.2. The predicted octanol–water partition coefficient (Wildman–Crippen LogP) is 2.15. The molecule has 116 valence electrons. The van der Waals surface area contributed by atoms with Gasteiger partial charge in [0, 0.05) is 38.4 Å². The lowest BCUT2D eigenvalue weighted by molar-refractivity contribution is 0.0180. The molecule has 1 aliphatic heterocycles. The van der Waals surface area contributed by atoms with Gasteiger partial charge in [0.1, 0.15) is 0 Å². The molecule has 1 saturated heterocycles. The largest absolute Gasteiger partial charge is 0.481 e. The van der Waals surface area contributed by atoms with Crippen molar-refractivity contribution in [3.05, 3.63) is 23.9 Å². The minimum absolute atomic E-state index is 0. The van der Waals surface area contributed by atoms with Gasteiger partial charge in [0.2, 0.25) is 5.88 Å². The second-order valence-electron chi connectivity index (χ2n) is 4.20. The smallest absolute Gasteiger partial charge is 0.258 e. The summed E-state index contributed by atoms with van der Waals surface area (Å²) in [6.45, 7) is 2.74. The van der Waals surface area contributed by atoms with Crippen LogP contribution in [0.1, 0.15) is 11.6 Å². The Morgan fingerprint density at radius 2 is 1.90 bits per heavy atom. The van der Waals surface area contributed by atoms with Crippen LogP contribution in [0.2, 0.25) is 0 Å². The summed E-state index contributed by atoms with van der Waals surface area (Å²) in [7, 11) is 1.50. The summed E-state index contributed by atoms with van der Waals surface area (Å²) >= 11 is 0. The number of ether oxygens (including phenoxy) is 1. The van der Waals surface area contributed by atoms with Gasteiger partial charge in [-0.3, -0.25) is 4.90 Å². The molecule has 0 saturated carbocycles. The Bertz CT molecular complexity index is 375. The normalized spacial score (nSPS) is 17.0. The van der Waals surface area contributed by atoms with Gasteiger partial charge in [0.25, 0.3) is 6.43 Å². The Morgan fingerprint density at radius 1 is 1.25 bits per heavy atom. The van der Waals surface area contributed by atoms with Crippen molar-refractivity contribution in [3.63, 3.8) is 0 Å². The van der Waals surface area contributed by atoms with Crippen molar-refractivity contribution in [1.82, 2.24) is 15.2 Å². The monoisotopic (exact) mass is 329 g/mol. The van der Waals surface area contributed by atoms with E-state index in [1.54, 1.807) is 17.0 Å². The van der Waals surface area contributed by atoms with Crippen molar-refractivity contribution in [3.8, 4) is 5.88 Å². The van der Waals surface area contributed by atoms with Gasteiger partial charge >= 0.3 is 0 Å². The quantitative estimate of drug-likeness (QED) is 0.918. The van der Waals surface area contributed by atoms with Crippen molar-refractivity contribution >= 4 is 24.8 Å². The summed E-state index contributed by atoms with van der Waals surface area (Å²) < 4.78 is 31.4. The number of halogens is 4. The van der Waals surface area contributed by atoms with Crippen LogP contribution in [0.4, 0.5) is 8.78 Å². The molecule has 0 unspecified atom stereocenters. The van der Waals surface area contributed by atoms with Gasteiger partial charge < -0.3 is 10.1 Å². The molecule has 1 fully saturated rings. The summed E-state index contributed by atoms with van der Waals surface area (Å²) in [6.07, 6.45) is -0.948. The molecule has 0 bridgehead atoms.